The van der Waals surface area contributed by atoms with Crippen molar-refractivity contribution in [2.75, 3.05) is 11.4 Å². The van der Waals surface area contributed by atoms with Gasteiger partial charge in [0.15, 0.2) is 0 Å². The summed E-state index contributed by atoms with van der Waals surface area (Å²) in [7, 11) is 0. The van der Waals surface area contributed by atoms with Crippen LogP contribution in [0, 0.1) is 5.92 Å². The first-order valence-electron chi connectivity index (χ1n) is 5.77. The second kappa shape index (κ2) is 5.30. The summed E-state index contributed by atoms with van der Waals surface area (Å²) in [6.45, 7) is 11.3. The maximum absolute atomic E-state index is 5.69. The molecule has 0 aromatic carbocycles. The Kier molecular flexibility index (Phi) is 4.29. The molecule has 0 aliphatic rings. The van der Waals surface area contributed by atoms with E-state index in [2.05, 4.69) is 42.8 Å². The van der Waals surface area contributed by atoms with Gasteiger partial charge in [-0.15, -0.1) is 5.10 Å². The normalized spacial score (nSPS) is 13.5. The Hall–Kier alpha value is -1.10. The molecule has 1 heterocycles. The highest BCUT2D eigenvalue weighted by molar-refractivity contribution is 5.25. The van der Waals surface area contributed by atoms with Gasteiger partial charge in [0.1, 0.15) is 0 Å². The quantitative estimate of drug-likeness (QED) is 0.831. The van der Waals surface area contributed by atoms with E-state index in [1.165, 1.54) is 0 Å². The van der Waals surface area contributed by atoms with E-state index in [-0.39, 0.29) is 6.04 Å². The topological polar surface area (TPSA) is 68.2 Å². The van der Waals surface area contributed by atoms with Crippen LogP contribution in [0.2, 0.25) is 0 Å². The fourth-order valence-corrected chi connectivity index (χ4v) is 1.43. The summed E-state index contributed by atoms with van der Waals surface area (Å²) in [4.78, 5) is 2.10. The van der Waals surface area contributed by atoms with Crippen molar-refractivity contribution in [1.29, 1.82) is 0 Å². The van der Waals surface area contributed by atoms with E-state index in [9.17, 15) is 0 Å². The van der Waals surface area contributed by atoms with Gasteiger partial charge in [0.25, 0.3) is 0 Å². The van der Waals surface area contributed by atoms with Gasteiger partial charge in [0, 0.05) is 12.6 Å². The largest absolute Gasteiger partial charge is 0.406 e. The Balaban J connectivity index is 2.84. The number of nitrogens with two attached hydrogens (primary N) is 1. The van der Waals surface area contributed by atoms with E-state index in [0.29, 0.717) is 23.9 Å². The summed E-state index contributed by atoms with van der Waals surface area (Å²) in [5.41, 5.74) is 5.69. The Morgan fingerprint density at radius 1 is 1.19 bits per heavy atom. The molecule has 0 bridgehead atoms. The van der Waals surface area contributed by atoms with Crippen LogP contribution in [0.25, 0.3) is 0 Å². The molecule has 1 rings (SSSR count). The van der Waals surface area contributed by atoms with E-state index in [1.54, 1.807) is 0 Å². The van der Waals surface area contributed by atoms with Crippen LogP contribution < -0.4 is 10.6 Å². The predicted molar refractivity (Wildman–Crippen MR) is 64.2 cm³/mol. The molecular formula is C11H22N4O. The van der Waals surface area contributed by atoms with Crippen LogP contribution >= 0.6 is 0 Å². The molecule has 0 aliphatic heterocycles. The Labute approximate surface area is 97.0 Å². The first-order chi connectivity index (χ1) is 7.41. The molecular weight excluding hydrogens is 204 g/mol. The van der Waals surface area contributed by atoms with Crippen LogP contribution in [0.15, 0.2) is 4.42 Å². The first kappa shape index (κ1) is 13.0. The van der Waals surface area contributed by atoms with Crippen molar-refractivity contribution in [2.24, 2.45) is 11.7 Å². The highest BCUT2D eigenvalue weighted by atomic mass is 16.4. The second-order valence-corrected chi connectivity index (χ2v) is 4.85. The lowest BCUT2D eigenvalue weighted by Gasteiger charge is -2.26. The van der Waals surface area contributed by atoms with Crippen molar-refractivity contribution in [1.82, 2.24) is 10.2 Å². The standard InChI is InChI=1S/C11H22N4O/c1-7(2)6-15(8(3)4)11-14-13-10(16-11)9(5)12/h7-9H,6,12H2,1-5H3. The maximum atomic E-state index is 5.69. The van der Waals surface area contributed by atoms with Crippen LogP contribution in [0.4, 0.5) is 6.01 Å². The SMILES string of the molecule is CC(C)CN(c1nnc(C(C)N)o1)C(C)C. The molecule has 5 heteroatoms. The lowest BCUT2D eigenvalue weighted by molar-refractivity contribution is 0.436. The third-order valence-corrected chi connectivity index (χ3v) is 2.25. The monoisotopic (exact) mass is 226 g/mol. The fourth-order valence-electron chi connectivity index (χ4n) is 1.43. The van der Waals surface area contributed by atoms with Gasteiger partial charge < -0.3 is 15.1 Å². The molecule has 0 amide bonds. The lowest BCUT2D eigenvalue weighted by Crippen LogP contribution is -2.34. The average molecular weight is 226 g/mol. The summed E-state index contributed by atoms with van der Waals surface area (Å²) in [6.07, 6.45) is 0. The minimum Gasteiger partial charge on any atom is -0.406 e. The first-order valence-corrected chi connectivity index (χ1v) is 5.77. The van der Waals surface area contributed by atoms with E-state index in [0.717, 1.165) is 6.54 Å². The molecule has 16 heavy (non-hydrogen) atoms. The minimum atomic E-state index is -0.214. The maximum Gasteiger partial charge on any atom is 0.318 e. The van der Waals surface area contributed by atoms with Crippen LogP contribution in [0.3, 0.4) is 0 Å². The Bertz CT molecular complexity index is 320. The van der Waals surface area contributed by atoms with Crippen LogP contribution in [0.5, 0.6) is 0 Å². The zero-order valence-electron chi connectivity index (χ0n) is 10.8. The number of anilines is 1. The van der Waals surface area contributed by atoms with Gasteiger partial charge in [-0.3, -0.25) is 0 Å². The number of hydrogen-bond donors (Lipinski definition) is 1. The van der Waals surface area contributed by atoms with Gasteiger partial charge in [-0.05, 0) is 26.7 Å². The zero-order chi connectivity index (χ0) is 12.3. The highest BCUT2D eigenvalue weighted by Crippen LogP contribution is 2.19. The molecule has 1 atom stereocenters. The Morgan fingerprint density at radius 3 is 2.19 bits per heavy atom. The number of hydrogen-bond acceptors (Lipinski definition) is 5. The molecule has 1 aromatic heterocycles. The van der Waals surface area contributed by atoms with Crippen LogP contribution in [0.1, 0.15) is 46.6 Å². The molecule has 92 valence electrons. The van der Waals surface area contributed by atoms with E-state index >= 15 is 0 Å². The molecule has 0 aliphatic carbocycles. The summed E-state index contributed by atoms with van der Waals surface area (Å²) in [5, 5.41) is 7.98. The van der Waals surface area contributed by atoms with Gasteiger partial charge >= 0.3 is 6.01 Å². The van der Waals surface area contributed by atoms with Gasteiger partial charge in [0.2, 0.25) is 5.89 Å². The van der Waals surface area contributed by atoms with Crippen molar-refractivity contribution in [3.63, 3.8) is 0 Å². The third-order valence-electron chi connectivity index (χ3n) is 2.25. The lowest BCUT2D eigenvalue weighted by atomic mass is 10.2. The molecule has 0 spiro atoms. The molecule has 1 aromatic rings. The van der Waals surface area contributed by atoms with Crippen molar-refractivity contribution in [3.05, 3.63) is 5.89 Å². The predicted octanol–water partition coefficient (Wildman–Crippen LogP) is 1.96. The average Bonchev–Trinajstić information content (AvgIpc) is 2.61. The van der Waals surface area contributed by atoms with Crippen molar-refractivity contribution < 1.29 is 4.42 Å². The fraction of sp³-hybridized carbons (Fsp3) is 0.818. The van der Waals surface area contributed by atoms with E-state index in [1.807, 2.05) is 6.92 Å². The van der Waals surface area contributed by atoms with Gasteiger partial charge in [-0.2, -0.15) is 0 Å². The minimum absolute atomic E-state index is 0.214. The van der Waals surface area contributed by atoms with Crippen molar-refractivity contribution >= 4 is 6.01 Å². The van der Waals surface area contributed by atoms with E-state index < -0.39 is 0 Å². The van der Waals surface area contributed by atoms with Crippen molar-refractivity contribution in [3.8, 4) is 0 Å². The summed E-state index contributed by atoms with van der Waals surface area (Å²) >= 11 is 0. The summed E-state index contributed by atoms with van der Waals surface area (Å²) in [6, 6.07) is 0.689. The molecule has 0 fully saturated rings. The molecule has 2 N–H and O–H groups in total. The van der Waals surface area contributed by atoms with Gasteiger partial charge in [0.05, 0.1) is 6.04 Å². The number of rotatable bonds is 5. The van der Waals surface area contributed by atoms with Crippen molar-refractivity contribution in [2.45, 2.75) is 46.7 Å². The zero-order valence-corrected chi connectivity index (χ0v) is 10.8. The summed E-state index contributed by atoms with van der Waals surface area (Å²) < 4.78 is 5.55. The molecule has 1 unspecified atom stereocenters. The summed E-state index contributed by atoms with van der Waals surface area (Å²) in [5.74, 6) is 1.04. The number of nitrogens with zero attached hydrogens (tertiary/aromatic N) is 3. The molecule has 0 saturated heterocycles. The number of aromatic nitrogens is 2. The smallest absolute Gasteiger partial charge is 0.318 e. The molecule has 0 saturated carbocycles. The van der Waals surface area contributed by atoms with Gasteiger partial charge in [-0.1, -0.05) is 18.9 Å². The van der Waals surface area contributed by atoms with E-state index in [4.69, 9.17) is 10.2 Å². The van der Waals surface area contributed by atoms with Gasteiger partial charge in [-0.25, -0.2) is 0 Å². The third kappa shape index (κ3) is 3.20. The Morgan fingerprint density at radius 2 is 1.81 bits per heavy atom. The van der Waals surface area contributed by atoms with Crippen LogP contribution in [-0.4, -0.2) is 22.8 Å². The second-order valence-electron chi connectivity index (χ2n) is 4.85. The molecule has 0 radical (unpaired) electrons. The molecule has 5 nitrogen and oxygen atoms in total. The highest BCUT2D eigenvalue weighted by Gasteiger charge is 2.19. The van der Waals surface area contributed by atoms with Crippen LogP contribution in [-0.2, 0) is 0 Å².